The van der Waals surface area contributed by atoms with Crippen LogP contribution in [0.3, 0.4) is 0 Å². The molecule has 1 N–H and O–H groups in total. The molecule has 3 rings (SSSR count). The Kier molecular flexibility index (Phi) is 7.43. The number of hydrogen-bond donors (Lipinski definition) is 1. The molecule has 0 saturated heterocycles. The van der Waals surface area contributed by atoms with Crippen molar-refractivity contribution in [2.45, 2.75) is 31.2 Å². The number of hydrogen-bond acceptors (Lipinski definition) is 5. The smallest absolute Gasteiger partial charge is 0.456 e. The monoisotopic (exact) mass is 543 g/mol. The molecule has 0 radical (unpaired) electrons. The Balaban J connectivity index is 1.73. The average molecular weight is 544 g/mol. The quantitative estimate of drug-likeness (QED) is 0.404. The number of alkyl halides is 8. The zero-order chi connectivity index (χ0) is 26.9. The molecule has 3 aromatic rings. The van der Waals surface area contributed by atoms with Gasteiger partial charge >= 0.3 is 18.3 Å². The minimum Gasteiger partial charge on any atom is -0.485 e. The van der Waals surface area contributed by atoms with Crippen LogP contribution in [0.1, 0.15) is 34.7 Å². The maximum Gasteiger partial charge on any atom is 0.456 e. The van der Waals surface area contributed by atoms with E-state index in [1.54, 1.807) is 0 Å². The fraction of sp³-hybridized carbons (Fsp3) is 0.300. The van der Waals surface area contributed by atoms with Crippen molar-refractivity contribution < 1.29 is 44.7 Å². The van der Waals surface area contributed by atoms with Gasteiger partial charge in [0.2, 0.25) is 0 Å². The molecular formula is C20H14ClF8N5O2. The third-order valence-electron chi connectivity index (χ3n) is 4.57. The highest BCUT2D eigenvalue weighted by molar-refractivity contribution is 6.31. The van der Waals surface area contributed by atoms with Crippen molar-refractivity contribution in [2.24, 2.45) is 0 Å². The second-order valence-corrected chi connectivity index (χ2v) is 7.73. The molecule has 0 aliphatic carbocycles. The Bertz CT molecular complexity index is 1230. The number of benzene rings is 1. The van der Waals surface area contributed by atoms with Crippen LogP contribution in [-0.4, -0.2) is 44.4 Å². The lowest BCUT2D eigenvalue weighted by Gasteiger charge is -2.19. The van der Waals surface area contributed by atoms with Gasteiger partial charge in [-0.05, 0) is 37.3 Å². The van der Waals surface area contributed by atoms with Gasteiger partial charge in [0.1, 0.15) is 12.1 Å². The first kappa shape index (κ1) is 27.1. The molecule has 7 nitrogen and oxygen atoms in total. The number of amides is 1. The van der Waals surface area contributed by atoms with Crippen LogP contribution < -0.4 is 10.1 Å². The summed E-state index contributed by atoms with van der Waals surface area (Å²) in [4.78, 5) is 20.4. The van der Waals surface area contributed by atoms with Gasteiger partial charge in [0.05, 0.1) is 17.8 Å². The molecule has 36 heavy (non-hydrogen) atoms. The van der Waals surface area contributed by atoms with E-state index in [1.807, 2.05) is 0 Å². The molecular weight excluding hydrogens is 530 g/mol. The predicted molar refractivity (Wildman–Crippen MR) is 108 cm³/mol. The summed E-state index contributed by atoms with van der Waals surface area (Å²) in [6, 6.07) is 3.67. The predicted octanol–water partition coefficient (Wildman–Crippen LogP) is 5.40. The number of carbonyl (C=O) groups excluding carboxylic acids is 1. The minimum absolute atomic E-state index is 0.0284. The van der Waals surface area contributed by atoms with Gasteiger partial charge in [0.25, 0.3) is 5.91 Å². The lowest BCUT2D eigenvalue weighted by Crippen LogP contribution is -2.41. The molecule has 0 aliphatic heterocycles. The van der Waals surface area contributed by atoms with Crippen molar-refractivity contribution in [1.29, 1.82) is 0 Å². The van der Waals surface area contributed by atoms with Gasteiger partial charge in [0.15, 0.2) is 18.2 Å². The highest BCUT2D eigenvalue weighted by Crippen LogP contribution is 2.36. The van der Waals surface area contributed by atoms with E-state index >= 15 is 0 Å². The standard InChI is InChI=1S/C20H14ClF8N5O2/c1-10(33-17(35)11-4-12(19(24,25)26)6-13(21)5-11)16-31-9-32-34(16)15-3-2-14(7-30-15)36-8-18(22,23)20(27,28)29/h2-7,9-10H,8H2,1H3,(H,33,35)/t10-/m0/s1. The molecule has 1 atom stereocenters. The van der Waals surface area contributed by atoms with Crippen LogP contribution >= 0.6 is 11.6 Å². The molecule has 0 spiro atoms. The second kappa shape index (κ2) is 9.87. The highest BCUT2D eigenvalue weighted by atomic mass is 35.5. The Morgan fingerprint density at radius 3 is 2.36 bits per heavy atom. The first-order chi connectivity index (χ1) is 16.6. The van der Waals surface area contributed by atoms with Gasteiger partial charge in [0, 0.05) is 10.6 Å². The number of rotatable bonds is 7. The number of nitrogens with zero attached hydrogens (tertiary/aromatic N) is 4. The topological polar surface area (TPSA) is 81.9 Å². The van der Waals surface area contributed by atoms with Crippen molar-refractivity contribution in [1.82, 2.24) is 25.1 Å². The van der Waals surface area contributed by atoms with Gasteiger partial charge in [-0.15, -0.1) is 0 Å². The number of pyridine rings is 1. The minimum atomic E-state index is -5.78. The molecule has 2 heterocycles. The van der Waals surface area contributed by atoms with E-state index in [-0.39, 0.29) is 28.0 Å². The first-order valence-corrected chi connectivity index (χ1v) is 10.1. The molecule has 0 saturated carbocycles. The van der Waals surface area contributed by atoms with Gasteiger partial charge < -0.3 is 10.1 Å². The molecule has 0 bridgehead atoms. The lowest BCUT2D eigenvalue weighted by atomic mass is 10.1. The summed E-state index contributed by atoms with van der Waals surface area (Å²) in [5.74, 6) is -6.24. The van der Waals surface area contributed by atoms with Crippen LogP contribution in [0.5, 0.6) is 5.75 Å². The molecule has 2 aromatic heterocycles. The van der Waals surface area contributed by atoms with Crippen molar-refractivity contribution >= 4 is 17.5 Å². The van der Waals surface area contributed by atoms with E-state index in [1.165, 1.54) is 13.0 Å². The fourth-order valence-electron chi connectivity index (χ4n) is 2.79. The summed E-state index contributed by atoms with van der Waals surface area (Å²) in [6.07, 6.45) is -8.55. The molecule has 194 valence electrons. The molecule has 0 unspecified atom stereocenters. The number of ether oxygens (including phenoxy) is 1. The fourth-order valence-corrected chi connectivity index (χ4v) is 3.03. The molecule has 0 fully saturated rings. The molecule has 1 aromatic carbocycles. The van der Waals surface area contributed by atoms with E-state index in [4.69, 9.17) is 11.6 Å². The van der Waals surface area contributed by atoms with Crippen LogP contribution in [0.15, 0.2) is 42.9 Å². The van der Waals surface area contributed by atoms with E-state index in [2.05, 4.69) is 25.1 Å². The Labute approximate surface area is 202 Å². The summed E-state index contributed by atoms with van der Waals surface area (Å²) in [5.41, 5.74) is -1.47. The zero-order valence-corrected chi connectivity index (χ0v) is 18.6. The van der Waals surface area contributed by atoms with Crippen molar-refractivity contribution in [2.75, 3.05) is 6.61 Å². The summed E-state index contributed by atoms with van der Waals surface area (Å²) in [5, 5.41) is 6.05. The highest BCUT2D eigenvalue weighted by Gasteiger charge is 2.58. The van der Waals surface area contributed by atoms with Crippen LogP contribution in [0.2, 0.25) is 5.02 Å². The van der Waals surface area contributed by atoms with E-state index in [9.17, 15) is 39.9 Å². The maximum absolute atomic E-state index is 13.0. The molecule has 16 heteroatoms. The number of carbonyl (C=O) groups is 1. The molecule has 1 amide bonds. The van der Waals surface area contributed by atoms with E-state index < -0.39 is 42.4 Å². The number of nitrogens with one attached hydrogen (secondary N) is 1. The van der Waals surface area contributed by atoms with Crippen LogP contribution in [0.25, 0.3) is 5.82 Å². The Morgan fingerprint density at radius 2 is 1.78 bits per heavy atom. The summed E-state index contributed by atoms with van der Waals surface area (Å²) in [6.45, 7) is -0.501. The van der Waals surface area contributed by atoms with Gasteiger partial charge in [-0.2, -0.15) is 44.9 Å². The normalized spacial score (nSPS) is 13.4. The van der Waals surface area contributed by atoms with Gasteiger partial charge in [-0.3, -0.25) is 4.79 Å². The summed E-state index contributed by atoms with van der Waals surface area (Å²) < 4.78 is 107. The van der Waals surface area contributed by atoms with Crippen LogP contribution in [0.4, 0.5) is 35.1 Å². The largest absolute Gasteiger partial charge is 0.485 e. The van der Waals surface area contributed by atoms with Crippen LogP contribution in [0, 0.1) is 0 Å². The summed E-state index contributed by atoms with van der Waals surface area (Å²) >= 11 is 5.70. The van der Waals surface area contributed by atoms with E-state index in [0.29, 0.717) is 12.1 Å². The maximum atomic E-state index is 13.0. The Hall–Kier alpha value is -3.49. The van der Waals surface area contributed by atoms with Crippen molar-refractivity contribution in [3.8, 4) is 11.6 Å². The average Bonchev–Trinajstić information content (AvgIpc) is 3.26. The van der Waals surface area contributed by atoms with E-state index in [0.717, 1.165) is 29.3 Å². The third-order valence-corrected chi connectivity index (χ3v) is 4.79. The van der Waals surface area contributed by atoms with Gasteiger partial charge in [-0.1, -0.05) is 11.6 Å². The van der Waals surface area contributed by atoms with Gasteiger partial charge in [-0.25, -0.2) is 9.97 Å². The third kappa shape index (κ3) is 6.19. The molecule has 0 aliphatic rings. The second-order valence-electron chi connectivity index (χ2n) is 7.29. The summed E-state index contributed by atoms with van der Waals surface area (Å²) in [7, 11) is 0. The Morgan fingerprint density at radius 1 is 1.08 bits per heavy atom. The number of halogens is 9. The van der Waals surface area contributed by atoms with Crippen LogP contribution in [-0.2, 0) is 6.18 Å². The number of aromatic nitrogens is 4. The lowest BCUT2D eigenvalue weighted by molar-refractivity contribution is -0.290. The van der Waals surface area contributed by atoms with Crippen molar-refractivity contribution in [3.05, 3.63) is 64.8 Å². The SMILES string of the molecule is C[C@H](NC(=O)c1cc(Cl)cc(C(F)(F)F)c1)c1ncnn1-c1ccc(OCC(F)(F)C(F)(F)F)cn1. The zero-order valence-electron chi connectivity index (χ0n) is 17.8. The first-order valence-electron chi connectivity index (χ1n) is 9.71. The van der Waals surface area contributed by atoms with Crippen molar-refractivity contribution in [3.63, 3.8) is 0 Å².